The second kappa shape index (κ2) is 3.12. The van der Waals surface area contributed by atoms with Crippen LogP contribution >= 0.6 is 0 Å². The highest BCUT2D eigenvalue weighted by Crippen LogP contribution is 2.20. The summed E-state index contributed by atoms with van der Waals surface area (Å²) in [5.41, 5.74) is 1.09. The minimum Gasteiger partial charge on any atom is -0.215 e. The first-order chi connectivity index (χ1) is 6.17. The van der Waals surface area contributed by atoms with E-state index in [1.807, 2.05) is 30.3 Å². The summed E-state index contributed by atoms with van der Waals surface area (Å²) in [6.45, 7) is 0.534. The summed E-state index contributed by atoms with van der Waals surface area (Å²) in [6, 6.07) is 9.72. The van der Waals surface area contributed by atoms with Crippen LogP contribution in [0.25, 0.3) is 0 Å². The zero-order valence-electron chi connectivity index (χ0n) is 7.10. The summed E-state index contributed by atoms with van der Waals surface area (Å²) in [7, 11) is -2.99. The second-order valence-electron chi connectivity index (χ2n) is 3.24. The van der Waals surface area contributed by atoms with Gasteiger partial charge < -0.3 is 0 Å². The summed E-state index contributed by atoms with van der Waals surface area (Å²) in [5.74, 6) is 0.336. The van der Waals surface area contributed by atoms with Crippen LogP contribution in [-0.2, 0) is 10.0 Å². The number of hydrogen-bond acceptors (Lipinski definition) is 2. The quantitative estimate of drug-likeness (QED) is 0.720. The summed E-state index contributed by atoms with van der Waals surface area (Å²) in [6.07, 6.45) is 0. The van der Waals surface area contributed by atoms with E-state index in [1.165, 1.54) is 0 Å². The van der Waals surface area contributed by atoms with Crippen molar-refractivity contribution in [2.75, 3.05) is 12.3 Å². The van der Waals surface area contributed by atoms with E-state index in [9.17, 15) is 8.42 Å². The molecule has 4 heteroatoms. The van der Waals surface area contributed by atoms with Gasteiger partial charge in [-0.2, -0.15) is 0 Å². The van der Waals surface area contributed by atoms with Crippen LogP contribution in [0.3, 0.4) is 0 Å². The van der Waals surface area contributed by atoms with Crippen molar-refractivity contribution in [1.82, 2.24) is 4.72 Å². The number of nitrogens with one attached hydrogen (secondary N) is 1. The molecule has 0 radical (unpaired) electrons. The molecule has 1 fully saturated rings. The second-order valence-corrected chi connectivity index (χ2v) is 5.09. The van der Waals surface area contributed by atoms with Gasteiger partial charge in [0, 0.05) is 12.5 Å². The van der Waals surface area contributed by atoms with Gasteiger partial charge in [0.05, 0.1) is 5.75 Å². The third kappa shape index (κ3) is 1.89. The lowest BCUT2D eigenvalue weighted by atomic mass is 10.0. The highest BCUT2D eigenvalue weighted by atomic mass is 32.2. The van der Waals surface area contributed by atoms with E-state index < -0.39 is 10.0 Å². The minimum absolute atomic E-state index is 0.117. The molecular formula is C9H11NO2S. The Morgan fingerprint density at radius 2 is 1.92 bits per heavy atom. The molecule has 0 unspecified atom stereocenters. The van der Waals surface area contributed by atoms with Crippen LogP contribution in [0.2, 0.25) is 0 Å². The largest absolute Gasteiger partial charge is 0.215 e. The van der Waals surface area contributed by atoms with E-state index >= 15 is 0 Å². The monoisotopic (exact) mass is 197 g/mol. The third-order valence-corrected chi connectivity index (χ3v) is 3.69. The van der Waals surface area contributed by atoms with E-state index in [4.69, 9.17) is 0 Å². The predicted molar refractivity (Wildman–Crippen MR) is 51.0 cm³/mol. The van der Waals surface area contributed by atoms with Crippen molar-refractivity contribution in [2.45, 2.75) is 5.92 Å². The maximum Gasteiger partial charge on any atom is 0.212 e. The molecule has 3 nitrogen and oxygen atoms in total. The first-order valence-corrected chi connectivity index (χ1v) is 5.85. The van der Waals surface area contributed by atoms with E-state index in [-0.39, 0.29) is 11.7 Å². The molecule has 1 heterocycles. The topological polar surface area (TPSA) is 46.2 Å². The van der Waals surface area contributed by atoms with Crippen LogP contribution in [-0.4, -0.2) is 20.7 Å². The fraction of sp³-hybridized carbons (Fsp3) is 0.333. The number of benzene rings is 1. The lowest BCUT2D eigenvalue weighted by Crippen LogP contribution is -2.15. The van der Waals surface area contributed by atoms with Crippen LogP contribution < -0.4 is 4.72 Å². The van der Waals surface area contributed by atoms with Gasteiger partial charge in [-0.25, -0.2) is 13.1 Å². The number of hydrogen-bond donors (Lipinski definition) is 1. The molecule has 70 valence electrons. The Hall–Kier alpha value is -0.870. The molecule has 0 saturated carbocycles. The summed E-state index contributed by atoms with van der Waals surface area (Å²) < 4.78 is 24.7. The van der Waals surface area contributed by atoms with E-state index in [2.05, 4.69) is 4.72 Å². The molecule has 1 aromatic carbocycles. The molecule has 0 aliphatic carbocycles. The lowest BCUT2D eigenvalue weighted by Gasteiger charge is -2.05. The summed E-state index contributed by atoms with van der Waals surface area (Å²) >= 11 is 0. The standard InChI is InChI=1S/C9H11NO2S/c11-13(12)7-9(6-10-13)8-4-2-1-3-5-8/h1-5,9-10H,6-7H2/t9-/m0/s1. The van der Waals surface area contributed by atoms with Gasteiger partial charge in [0.15, 0.2) is 0 Å². The van der Waals surface area contributed by atoms with Gasteiger partial charge in [0.1, 0.15) is 0 Å². The smallest absolute Gasteiger partial charge is 0.212 e. The van der Waals surface area contributed by atoms with E-state index in [1.54, 1.807) is 0 Å². The summed E-state index contributed by atoms with van der Waals surface area (Å²) in [4.78, 5) is 0. The number of sulfonamides is 1. The maximum atomic E-state index is 11.1. The molecule has 0 amide bonds. The molecule has 13 heavy (non-hydrogen) atoms. The Kier molecular flexibility index (Phi) is 2.09. The molecule has 1 N–H and O–H groups in total. The maximum absolute atomic E-state index is 11.1. The van der Waals surface area contributed by atoms with Gasteiger partial charge >= 0.3 is 0 Å². The predicted octanol–water partition coefficient (Wildman–Crippen LogP) is 0.703. The minimum atomic E-state index is -2.99. The van der Waals surface area contributed by atoms with Gasteiger partial charge in [-0.3, -0.25) is 0 Å². The van der Waals surface area contributed by atoms with Crippen molar-refractivity contribution >= 4 is 10.0 Å². The van der Waals surface area contributed by atoms with Crippen LogP contribution in [0.1, 0.15) is 11.5 Å². The van der Waals surface area contributed by atoms with Gasteiger partial charge in [0.25, 0.3) is 0 Å². The normalized spacial score (nSPS) is 26.0. The fourth-order valence-electron chi connectivity index (χ4n) is 1.55. The highest BCUT2D eigenvalue weighted by molar-refractivity contribution is 7.89. The molecule has 2 rings (SSSR count). The fourth-order valence-corrected chi connectivity index (χ4v) is 2.96. The Bertz CT molecular complexity index is 385. The molecule has 0 bridgehead atoms. The van der Waals surface area contributed by atoms with E-state index in [0.717, 1.165) is 5.56 Å². The third-order valence-electron chi connectivity index (χ3n) is 2.24. The van der Waals surface area contributed by atoms with Crippen molar-refractivity contribution in [3.05, 3.63) is 35.9 Å². The molecule has 1 atom stereocenters. The van der Waals surface area contributed by atoms with Gasteiger partial charge in [-0.1, -0.05) is 30.3 Å². The van der Waals surface area contributed by atoms with Gasteiger partial charge in [0.2, 0.25) is 10.0 Å². The van der Waals surface area contributed by atoms with Crippen molar-refractivity contribution in [1.29, 1.82) is 0 Å². The molecular weight excluding hydrogens is 186 g/mol. The van der Waals surface area contributed by atoms with E-state index in [0.29, 0.717) is 6.54 Å². The Balaban J connectivity index is 2.22. The van der Waals surface area contributed by atoms with Crippen molar-refractivity contribution < 1.29 is 8.42 Å². The molecule has 1 aliphatic heterocycles. The Morgan fingerprint density at radius 1 is 1.23 bits per heavy atom. The summed E-state index contributed by atoms with van der Waals surface area (Å²) in [5, 5.41) is 0. The van der Waals surface area contributed by atoms with Crippen LogP contribution in [0.5, 0.6) is 0 Å². The zero-order chi connectivity index (χ0) is 9.31. The SMILES string of the molecule is O=S1(=O)C[C@@H](c2ccccc2)CN1. The Labute approximate surface area is 77.8 Å². The molecule has 1 saturated heterocycles. The van der Waals surface area contributed by atoms with Crippen molar-refractivity contribution in [3.8, 4) is 0 Å². The van der Waals surface area contributed by atoms with Gasteiger partial charge in [-0.05, 0) is 5.56 Å². The van der Waals surface area contributed by atoms with Crippen molar-refractivity contribution in [3.63, 3.8) is 0 Å². The average molecular weight is 197 g/mol. The molecule has 1 aromatic rings. The van der Waals surface area contributed by atoms with Gasteiger partial charge in [-0.15, -0.1) is 0 Å². The number of rotatable bonds is 1. The van der Waals surface area contributed by atoms with Crippen LogP contribution in [0, 0.1) is 0 Å². The molecule has 1 aliphatic rings. The highest BCUT2D eigenvalue weighted by Gasteiger charge is 2.27. The average Bonchev–Trinajstić information content (AvgIpc) is 2.48. The molecule has 0 aromatic heterocycles. The zero-order valence-corrected chi connectivity index (χ0v) is 7.92. The first kappa shape index (κ1) is 8.72. The van der Waals surface area contributed by atoms with Crippen LogP contribution in [0.15, 0.2) is 30.3 Å². The first-order valence-electron chi connectivity index (χ1n) is 4.20. The lowest BCUT2D eigenvalue weighted by molar-refractivity contribution is 0.594. The Morgan fingerprint density at radius 3 is 2.46 bits per heavy atom. The molecule has 0 spiro atoms. The van der Waals surface area contributed by atoms with Crippen LogP contribution in [0.4, 0.5) is 0 Å². The van der Waals surface area contributed by atoms with Crippen molar-refractivity contribution in [2.24, 2.45) is 0 Å².